The molecule has 2 aliphatic heterocycles. The minimum atomic E-state index is 0.210. The number of carbonyl (C=O) groups is 1. The lowest BCUT2D eigenvalue weighted by Crippen LogP contribution is -2.40. The molecule has 3 nitrogen and oxygen atoms in total. The first-order valence-corrected chi connectivity index (χ1v) is 6.83. The summed E-state index contributed by atoms with van der Waals surface area (Å²) in [7, 11) is 0. The Kier molecular flexibility index (Phi) is 2.10. The highest BCUT2D eigenvalue weighted by Crippen LogP contribution is 2.48. The van der Waals surface area contributed by atoms with Gasteiger partial charge in [-0.15, -0.1) is 0 Å². The first-order valence-electron chi connectivity index (χ1n) is 6.83. The van der Waals surface area contributed by atoms with Crippen LogP contribution in [0, 0.1) is 0 Å². The summed E-state index contributed by atoms with van der Waals surface area (Å²) in [4.78, 5) is 11.8. The maximum absolute atomic E-state index is 11.8. The molecule has 1 saturated heterocycles. The summed E-state index contributed by atoms with van der Waals surface area (Å²) in [5, 5.41) is 3.42. The van der Waals surface area contributed by atoms with Crippen LogP contribution in [0.4, 0.5) is 0 Å². The number of benzene rings is 1. The molecule has 4 rings (SSSR count). The summed E-state index contributed by atoms with van der Waals surface area (Å²) in [6.45, 7) is 2.94. The van der Waals surface area contributed by atoms with E-state index in [1.54, 1.807) is 0 Å². The fourth-order valence-electron chi connectivity index (χ4n) is 3.70. The molecule has 18 heavy (non-hydrogen) atoms. The SMILES string of the molecule is O=C1CCc2c1ccc1c2OCC12CCNCC2. The number of Topliss-reactive ketones (excluding diaryl/α,β-unsaturated/α-hetero) is 1. The van der Waals surface area contributed by atoms with Gasteiger partial charge >= 0.3 is 0 Å². The Balaban J connectivity index is 1.85. The van der Waals surface area contributed by atoms with Crippen LogP contribution in [0.15, 0.2) is 12.1 Å². The third-order valence-electron chi connectivity index (χ3n) is 4.79. The van der Waals surface area contributed by atoms with E-state index in [0.29, 0.717) is 6.42 Å². The smallest absolute Gasteiger partial charge is 0.163 e. The Morgan fingerprint density at radius 2 is 2.00 bits per heavy atom. The quantitative estimate of drug-likeness (QED) is 0.755. The molecule has 0 saturated carbocycles. The third kappa shape index (κ3) is 1.25. The molecular weight excluding hydrogens is 226 g/mol. The molecule has 3 aliphatic rings. The van der Waals surface area contributed by atoms with E-state index in [4.69, 9.17) is 4.74 Å². The number of piperidine rings is 1. The van der Waals surface area contributed by atoms with Crippen molar-refractivity contribution in [3.63, 3.8) is 0 Å². The molecule has 0 amide bonds. The van der Waals surface area contributed by atoms with Gasteiger partial charge in [0.15, 0.2) is 5.78 Å². The Morgan fingerprint density at radius 1 is 1.17 bits per heavy atom. The van der Waals surface area contributed by atoms with Crippen molar-refractivity contribution in [2.45, 2.75) is 31.1 Å². The largest absolute Gasteiger partial charge is 0.492 e. The standard InChI is InChI=1S/C15H17NO2/c17-13-4-2-11-10(13)1-3-12-14(11)18-9-15(12)5-7-16-8-6-15/h1,3,16H,2,4-9H2. The van der Waals surface area contributed by atoms with Crippen LogP contribution in [-0.4, -0.2) is 25.5 Å². The Labute approximate surface area is 107 Å². The zero-order chi connectivity index (χ0) is 12.2. The molecular formula is C15H17NO2. The van der Waals surface area contributed by atoms with Crippen LogP contribution >= 0.6 is 0 Å². The summed E-state index contributed by atoms with van der Waals surface area (Å²) in [5.74, 6) is 1.32. The zero-order valence-corrected chi connectivity index (χ0v) is 10.4. The fraction of sp³-hybridized carbons (Fsp3) is 0.533. The van der Waals surface area contributed by atoms with Crippen LogP contribution in [0.2, 0.25) is 0 Å². The second-order valence-corrected chi connectivity index (χ2v) is 5.71. The average Bonchev–Trinajstić information content (AvgIpc) is 2.94. The van der Waals surface area contributed by atoms with Crippen LogP contribution in [0.1, 0.15) is 40.7 Å². The molecule has 1 aromatic rings. The van der Waals surface area contributed by atoms with Gasteiger partial charge in [-0.3, -0.25) is 4.79 Å². The van der Waals surface area contributed by atoms with E-state index in [1.165, 1.54) is 11.1 Å². The van der Waals surface area contributed by atoms with Crippen molar-refractivity contribution >= 4 is 5.78 Å². The van der Waals surface area contributed by atoms with Crippen LogP contribution in [0.25, 0.3) is 0 Å². The Bertz CT molecular complexity index is 530. The van der Waals surface area contributed by atoms with Gasteiger partial charge in [0.2, 0.25) is 0 Å². The molecule has 0 radical (unpaired) electrons. The lowest BCUT2D eigenvalue weighted by atomic mass is 9.74. The van der Waals surface area contributed by atoms with E-state index in [1.807, 2.05) is 6.07 Å². The van der Waals surface area contributed by atoms with Crippen molar-refractivity contribution in [2.75, 3.05) is 19.7 Å². The molecule has 1 N–H and O–H groups in total. The van der Waals surface area contributed by atoms with Crippen molar-refractivity contribution in [3.8, 4) is 5.75 Å². The second-order valence-electron chi connectivity index (χ2n) is 5.71. The van der Waals surface area contributed by atoms with Crippen LogP contribution in [0.5, 0.6) is 5.75 Å². The van der Waals surface area contributed by atoms with Gasteiger partial charge < -0.3 is 10.1 Å². The van der Waals surface area contributed by atoms with E-state index in [-0.39, 0.29) is 11.2 Å². The number of nitrogens with one attached hydrogen (secondary N) is 1. The van der Waals surface area contributed by atoms with Gasteiger partial charge in [0, 0.05) is 28.5 Å². The van der Waals surface area contributed by atoms with Gasteiger partial charge in [-0.1, -0.05) is 12.1 Å². The van der Waals surface area contributed by atoms with Crippen molar-refractivity contribution in [3.05, 3.63) is 28.8 Å². The summed E-state index contributed by atoms with van der Waals surface area (Å²) in [6.07, 6.45) is 3.81. The van der Waals surface area contributed by atoms with Gasteiger partial charge in [0.25, 0.3) is 0 Å². The Hall–Kier alpha value is -1.35. The van der Waals surface area contributed by atoms with Crippen LogP contribution in [-0.2, 0) is 11.8 Å². The molecule has 1 aromatic carbocycles. The predicted octanol–water partition coefficient (Wildman–Crippen LogP) is 1.83. The van der Waals surface area contributed by atoms with E-state index >= 15 is 0 Å². The highest BCUT2D eigenvalue weighted by Gasteiger charge is 2.43. The number of ether oxygens (including phenoxy) is 1. The monoisotopic (exact) mass is 243 g/mol. The third-order valence-corrected chi connectivity index (χ3v) is 4.79. The van der Waals surface area contributed by atoms with E-state index in [9.17, 15) is 4.79 Å². The van der Waals surface area contributed by atoms with E-state index in [2.05, 4.69) is 11.4 Å². The molecule has 0 atom stereocenters. The number of carbonyl (C=O) groups excluding carboxylic acids is 1. The van der Waals surface area contributed by atoms with Gasteiger partial charge in [-0.05, 0) is 32.4 Å². The summed E-state index contributed by atoms with van der Waals surface area (Å²) in [6, 6.07) is 4.18. The highest BCUT2D eigenvalue weighted by molar-refractivity contribution is 6.01. The number of ketones is 1. The van der Waals surface area contributed by atoms with Crippen LogP contribution in [0.3, 0.4) is 0 Å². The topological polar surface area (TPSA) is 38.3 Å². The Morgan fingerprint density at radius 3 is 2.83 bits per heavy atom. The van der Waals surface area contributed by atoms with Gasteiger partial charge in [-0.2, -0.15) is 0 Å². The van der Waals surface area contributed by atoms with Crippen molar-refractivity contribution < 1.29 is 9.53 Å². The normalized spacial score (nSPS) is 23.9. The minimum Gasteiger partial charge on any atom is -0.492 e. The molecule has 2 heterocycles. The van der Waals surface area contributed by atoms with E-state index < -0.39 is 0 Å². The molecule has 1 aliphatic carbocycles. The molecule has 1 spiro atoms. The number of hydrogen-bond acceptors (Lipinski definition) is 3. The fourth-order valence-corrected chi connectivity index (χ4v) is 3.70. The maximum Gasteiger partial charge on any atom is 0.163 e. The first kappa shape index (κ1) is 10.6. The van der Waals surface area contributed by atoms with E-state index in [0.717, 1.165) is 50.3 Å². The maximum atomic E-state index is 11.8. The lowest BCUT2D eigenvalue weighted by molar-refractivity contribution is 0.0994. The van der Waals surface area contributed by atoms with Crippen molar-refractivity contribution in [1.29, 1.82) is 0 Å². The number of fused-ring (bicyclic) bond motifs is 4. The number of rotatable bonds is 0. The number of hydrogen-bond donors (Lipinski definition) is 1. The molecule has 0 aromatic heterocycles. The van der Waals surface area contributed by atoms with Crippen molar-refractivity contribution in [1.82, 2.24) is 5.32 Å². The van der Waals surface area contributed by atoms with Gasteiger partial charge in [-0.25, -0.2) is 0 Å². The molecule has 94 valence electrons. The molecule has 0 bridgehead atoms. The van der Waals surface area contributed by atoms with Crippen LogP contribution < -0.4 is 10.1 Å². The summed E-state index contributed by atoms with van der Waals surface area (Å²) >= 11 is 0. The summed E-state index contributed by atoms with van der Waals surface area (Å²) < 4.78 is 6.00. The zero-order valence-electron chi connectivity index (χ0n) is 10.4. The highest BCUT2D eigenvalue weighted by atomic mass is 16.5. The first-order chi connectivity index (χ1) is 8.80. The van der Waals surface area contributed by atoms with Gasteiger partial charge in [0.1, 0.15) is 5.75 Å². The summed E-state index contributed by atoms with van der Waals surface area (Å²) in [5.41, 5.74) is 3.64. The second kappa shape index (κ2) is 3.58. The average molecular weight is 243 g/mol. The predicted molar refractivity (Wildman–Crippen MR) is 68.4 cm³/mol. The minimum absolute atomic E-state index is 0.210. The van der Waals surface area contributed by atoms with Gasteiger partial charge in [0.05, 0.1) is 6.61 Å². The molecule has 3 heteroatoms. The molecule has 1 fully saturated rings. The lowest BCUT2D eigenvalue weighted by Gasteiger charge is -2.32. The molecule has 0 unspecified atom stereocenters. The van der Waals surface area contributed by atoms with Crippen molar-refractivity contribution in [2.24, 2.45) is 0 Å².